The summed E-state index contributed by atoms with van der Waals surface area (Å²) in [6, 6.07) is 5.41. The molecule has 2 nitrogen and oxygen atoms in total. The van der Waals surface area contributed by atoms with Gasteiger partial charge in [-0.25, -0.2) is 0 Å². The Morgan fingerprint density at radius 1 is 1.25 bits per heavy atom. The monoisotopic (exact) mass is 522 g/mol. The Morgan fingerprint density at radius 3 is 2.53 bits per heavy atom. The van der Waals surface area contributed by atoms with Gasteiger partial charge in [-0.3, -0.25) is 0 Å². The predicted octanol–water partition coefficient (Wildman–Crippen LogP) is 6.01. The first-order valence-corrected chi connectivity index (χ1v) is 12.0. The number of hydrogen-bond donors (Lipinski definition) is 1. The van der Waals surface area contributed by atoms with Gasteiger partial charge in [-0.15, -0.1) is 0 Å². The minimum Gasteiger partial charge on any atom is -0.410 e. The molecule has 1 aromatic rings. The second kappa shape index (κ2) is 18.0. The zero-order chi connectivity index (χ0) is 23.4. The molecule has 0 aliphatic heterocycles. The molecule has 0 heterocycles. The summed E-state index contributed by atoms with van der Waals surface area (Å²) in [6.07, 6.45) is 10.1. The van der Waals surface area contributed by atoms with Crippen LogP contribution >= 0.6 is 34.8 Å². The molecule has 0 aromatic heterocycles. The first kappa shape index (κ1) is 32.7. The van der Waals surface area contributed by atoms with E-state index in [1.807, 2.05) is 31.2 Å². The fraction of sp³-hybridized carbons (Fsp3) is 0.462. The van der Waals surface area contributed by atoms with E-state index in [2.05, 4.69) is 39.6 Å². The molecule has 0 radical (unpaired) electrons. The zero-order valence-corrected chi connectivity index (χ0v) is 25.4. The molecule has 1 aromatic carbocycles. The van der Waals surface area contributed by atoms with Gasteiger partial charge in [-0.05, 0) is 63.3 Å². The molecule has 1 rings (SSSR count). The van der Waals surface area contributed by atoms with Crippen LogP contribution in [0.1, 0.15) is 70.9 Å². The summed E-state index contributed by atoms with van der Waals surface area (Å²) in [7, 11) is 0. The molecule has 3 atom stereocenters. The first-order valence-electron chi connectivity index (χ1n) is 10.9. The Bertz CT molecular complexity index is 763. The maximum Gasteiger partial charge on any atom is 1.00 e. The van der Waals surface area contributed by atoms with Crippen molar-refractivity contribution in [3.8, 4) is 0 Å². The van der Waals surface area contributed by atoms with E-state index in [-0.39, 0.29) is 69.6 Å². The van der Waals surface area contributed by atoms with Gasteiger partial charge in [-0.2, -0.15) is 6.42 Å². The third-order valence-electron chi connectivity index (χ3n) is 5.04. The van der Waals surface area contributed by atoms with Crippen molar-refractivity contribution >= 4 is 34.8 Å². The van der Waals surface area contributed by atoms with Crippen LogP contribution in [0.3, 0.4) is 0 Å². The Labute approximate surface area is 253 Å². The van der Waals surface area contributed by atoms with Crippen LogP contribution in [-0.4, -0.2) is 12.2 Å². The second-order valence-corrected chi connectivity index (χ2v) is 9.14. The topological polar surface area (TPSA) is 21.3 Å². The fourth-order valence-electron chi connectivity index (χ4n) is 3.21. The van der Waals surface area contributed by atoms with Crippen molar-refractivity contribution in [2.24, 2.45) is 0 Å². The van der Waals surface area contributed by atoms with Crippen molar-refractivity contribution in [2.45, 2.75) is 77.5 Å². The van der Waals surface area contributed by atoms with Crippen molar-refractivity contribution in [2.75, 3.05) is 0 Å². The third kappa shape index (κ3) is 13.0. The van der Waals surface area contributed by atoms with Crippen molar-refractivity contribution in [3.63, 3.8) is 0 Å². The summed E-state index contributed by atoms with van der Waals surface area (Å²) in [5.74, 6) is 0. The first-order chi connectivity index (χ1) is 14.7. The van der Waals surface area contributed by atoms with Crippen LogP contribution in [0.15, 0.2) is 53.2 Å². The van der Waals surface area contributed by atoms with E-state index in [0.29, 0.717) is 27.2 Å². The maximum absolute atomic E-state index is 6.44. The molecule has 3 unspecified atom stereocenters. The average Bonchev–Trinajstić information content (AvgIpc) is 2.71. The van der Waals surface area contributed by atoms with E-state index in [1.165, 1.54) is 5.57 Å². The van der Waals surface area contributed by atoms with Gasteiger partial charge in [0.05, 0.1) is 17.2 Å². The normalized spacial score (nSPS) is 15.0. The van der Waals surface area contributed by atoms with E-state index in [1.54, 1.807) is 6.07 Å². The van der Waals surface area contributed by atoms with Gasteiger partial charge in [0.1, 0.15) is 0 Å². The Balaban J connectivity index is 0.00000961. The van der Waals surface area contributed by atoms with Gasteiger partial charge in [0.25, 0.3) is 0 Å². The largest absolute Gasteiger partial charge is 1.00 e. The smallest absolute Gasteiger partial charge is 0.410 e. The zero-order valence-electron chi connectivity index (χ0n) is 20.0. The Kier molecular flexibility index (Phi) is 18.4. The summed E-state index contributed by atoms with van der Waals surface area (Å²) in [5, 5.41) is 5.09. The molecule has 0 fully saturated rings. The van der Waals surface area contributed by atoms with Crippen LogP contribution in [0.4, 0.5) is 0 Å². The summed E-state index contributed by atoms with van der Waals surface area (Å²) in [6.45, 7) is 18.2. The number of rotatable bonds is 14. The summed E-state index contributed by atoms with van der Waals surface area (Å²) in [4.78, 5) is 0. The molecule has 0 aliphatic rings. The van der Waals surface area contributed by atoms with Crippen LogP contribution in [0.2, 0.25) is 10.0 Å². The quantitative estimate of drug-likeness (QED) is 0.183. The van der Waals surface area contributed by atoms with E-state index >= 15 is 0 Å². The average molecular weight is 524 g/mol. The molecule has 0 saturated heterocycles. The SMILES string of the molecule is C=C(NC(C)c1ccc(Cl)cc1Cl)/C(Cl)=C\C=C(/C)CCCC(CCC)OC([CH2-])C[CH2-].[K+]. The van der Waals surface area contributed by atoms with Gasteiger partial charge < -0.3 is 23.9 Å². The molecule has 0 amide bonds. The van der Waals surface area contributed by atoms with E-state index < -0.39 is 0 Å². The maximum atomic E-state index is 6.44. The molecule has 0 aliphatic carbocycles. The molecule has 0 bridgehead atoms. The molecule has 0 saturated carbocycles. The minimum absolute atomic E-state index is 0. The van der Waals surface area contributed by atoms with E-state index in [0.717, 1.165) is 37.7 Å². The molecule has 0 spiro atoms. The number of benzene rings is 1. The Morgan fingerprint density at radius 2 is 1.94 bits per heavy atom. The molecule has 174 valence electrons. The molecular weight excluding hydrogens is 488 g/mol. The Hall–Kier alpha value is 0.706. The fourth-order valence-corrected chi connectivity index (χ4v) is 3.90. The number of allylic oxidation sites excluding steroid dienone is 4. The molecule has 6 heteroatoms. The standard InChI is InChI=1S/C26H36Cl3NO.K/c1-7-10-23(31-19(4)8-2)12-9-11-18(3)13-16-25(28)21(6)30-20(5)24-15-14-22(27)17-26(24)29;/h13-17,19-20,23,30H,2,4,6-12H2,1,3,5H3;/q-2;+1/b18-13+,25-16+;. The molecular formula is C26H36Cl3KNO-. The minimum atomic E-state index is -0.0461. The van der Waals surface area contributed by atoms with Gasteiger partial charge in [0.2, 0.25) is 0 Å². The molecule has 32 heavy (non-hydrogen) atoms. The van der Waals surface area contributed by atoms with Crippen LogP contribution < -0.4 is 56.7 Å². The second-order valence-electron chi connectivity index (χ2n) is 7.89. The van der Waals surface area contributed by atoms with Gasteiger partial charge in [0, 0.05) is 15.7 Å². The van der Waals surface area contributed by atoms with E-state index in [4.69, 9.17) is 39.5 Å². The van der Waals surface area contributed by atoms with Gasteiger partial charge >= 0.3 is 51.4 Å². The van der Waals surface area contributed by atoms with Crippen molar-refractivity contribution in [3.05, 3.63) is 82.7 Å². The number of hydrogen-bond acceptors (Lipinski definition) is 2. The van der Waals surface area contributed by atoms with Crippen molar-refractivity contribution in [1.82, 2.24) is 5.32 Å². The number of ether oxygens (including phenoxy) is 1. The summed E-state index contributed by atoms with van der Waals surface area (Å²) >= 11 is 18.7. The third-order valence-corrected chi connectivity index (χ3v) is 5.95. The van der Waals surface area contributed by atoms with Crippen LogP contribution in [0, 0.1) is 13.8 Å². The van der Waals surface area contributed by atoms with Gasteiger partial charge in [-0.1, -0.05) is 78.5 Å². The number of nitrogens with one attached hydrogen (secondary N) is 1. The van der Waals surface area contributed by atoms with E-state index in [9.17, 15) is 0 Å². The number of halogens is 3. The van der Waals surface area contributed by atoms with Crippen LogP contribution in [-0.2, 0) is 4.74 Å². The van der Waals surface area contributed by atoms with Crippen molar-refractivity contribution in [1.29, 1.82) is 0 Å². The summed E-state index contributed by atoms with van der Waals surface area (Å²) in [5.41, 5.74) is 2.85. The van der Waals surface area contributed by atoms with Crippen molar-refractivity contribution < 1.29 is 56.1 Å². The summed E-state index contributed by atoms with van der Waals surface area (Å²) < 4.78 is 5.98. The predicted molar refractivity (Wildman–Crippen MR) is 138 cm³/mol. The van der Waals surface area contributed by atoms with Crippen LogP contribution in [0.25, 0.3) is 0 Å². The molecule has 1 N–H and O–H groups in total. The van der Waals surface area contributed by atoms with Crippen LogP contribution in [0.5, 0.6) is 0 Å². The van der Waals surface area contributed by atoms with Gasteiger partial charge in [0.15, 0.2) is 0 Å².